The van der Waals surface area contributed by atoms with E-state index < -0.39 is 0 Å². The summed E-state index contributed by atoms with van der Waals surface area (Å²) in [6.45, 7) is 1.91. The van der Waals surface area contributed by atoms with Crippen LogP contribution in [0.5, 0.6) is 0 Å². The van der Waals surface area contributed by atoms with E-state index in [2.05, 4.69) is 0 Å². The van der Waals surface area contributed by atoms with Gasteiger partial charge in [-0.2, -0.15) is 5.26 Å². The Morgan fingerprint density at radius 1 is 1.78 bits per heavy atom. The molecule has 2 nitrogen and oxygen atoms in total. The predicted octanol–water partition coefficient (Wildman–Crippen LogP) is -2.44. The minimum Gasteiger partial charge on any atom is -0.875 e. The van der Waals surface area contributed by atoms with Crippen molar-refractivity contribution in [2.24, 2.45) is 0 Å². The SMILES string of the molecule is CCC/C([O-])=C/C#N.[Li+]. The predicted molar refractivity (Wildman–Crippen MR) is 28.6 cm³/mol. The number of hydrogen-bond acceptors (Lipinski definition) is 2. The molecule has 0 atom stereocenters. The summed E-state index contributed by atoms with van der Waals surface area (Å²) in [5.74, 6) is -0.0741. The van der Waals surface area contributed by atoms with Crippen molar-refractivity contribution in [3.63, 3.8) is 0 Å². The number of nitrogens with zero attached hydrogens (tertiary/aromatic N) is 1. The van der Waals surface area contributed by atoms with Crippen LogP contribution in [-0.4, -0.2) is 0 Å². The van der Waals surface area contributed by atoms with Gasteiger partial charge in [-0.05, 0) is 6.42 Å². The maximum absolute atomic E-state index is 10.4. The molecule has 3 heteroatoms. The summed E-state index contributed by atoms with van der Waals surface area (Å²) in [5.41, 5.74) is 0. The molecule has 0 fully saturated rings. The van der Waals surface area contributed by atoms with E-state index in [0.29, 0.717) is 6.42 Å². The van der Waals surface area contributed by atoms with Gasteiger partial charge in [-0.3, -0.25) is 0 Å². The van der Waals surface area contributed by atoms with E-state index in [1.165, 1.54) is 0 Å². The van der Waals surface area contributed by atoms with Gasteiger partial charge in [0.15, 0.2) is 0 Å². The summed E-state index contributed by atoms with van der Waals surface area (Å²) in [7, 11) is 0. The van der Waals surface area contributed by atoms with Gasteiger partial charge in [0.1, 0.15) is 0 Å². The Labute approximate surface area is 67.4 Å². The number of nitriles is 1. The van der Waals surface area contributed by atoms with Gasteiger partial charge < -0.3 is 5.11 Å². The summed E-state index contributed by atoms with van der Waals surface area (Å²) in [5, 5.41) is 18.3. The largest absolute Gasteiger partial charge is 1.00 e. The smallest absolute Gasteiger partial charge is 0.875 e. The average molecular weight is 117 g/mol. The van der Waals surface area contributed by atoms with E-state index in [1.54, 1.807) is 6.07 Å². The molecular formula is C6H8LiNO. The summed E-state index contributed by atoms with van der Waals surface area (Å²) in [4.78, 5) is 0. The fraction of sp³-hybridized carbons (Fsp3) is 0.500. The molecule has 0 N–H and O–H groups in total. The first-order valence-corrected chi connectivity index (χ1v) is 2.57. The van der Waals surface area contributed by atoms with Crippen molar-refractivity contribution in [3.8, 4) is 6.07 Å². The van der Waals surface area contributed by atoms with Gasteiger partial charge in [0.2, 0.25) is 0 Å². The normalized spacial score (nSPS) is 9.56. The molecular weight excluding hydrogens is 109 g/mol. The number of allylic oxidation sites excluding steroid dienone is 2. The third-order valence-electron chi connectivity index (χ3n) is 0.722. The van der Waals surface area contributed by atoms with E-state index in [4.69, 9.17) is 5.26 Å². The van der Waals surface area contributed by atoms with Crippen molar-refractivity contribution in [1.82, 2.24) is 0 Å². The maximum atomic E-state index is 10.4. The van der Waals surface area contributed by atoms with Gasteiger partial charge in [-0.1, -0.05) is 13.3 Å². The van der Waals surface area contributed by atoms with Gasteiger partial charge >= 0.3 is 18.9 Å². The Hall–Kier alpha value is -0.373. The van der Waals surface area contributed by atoms with E-state index >= 15 is 0 Å². The molecule has 0 aliphatic carbocycles. The Bertz CT molecular complexity index is 126. The van der Waals surface area contributed by atoms with E-state index in [1.807, 2.05) is 6.92 Å². The number of rotatable bonds is 2. The Kier molecular flexibility index (Phi) is 9.68. The van der Waals surface area contributed by atoms with Crippen LogP contribution >= 0.6 is 0 Å². The molecule has 0 saturated carbocycles. The molecule has 0 aliphatic rings. The van der Waals surface area contributed by atoms with E-state index in [9.17, 15) is 5.11 Å². The Balaban J connectivity index is 0. The van der Waals surface area contributed by atoms with E-state index in [0.717, 1.165) is 12.5 Å². The van der Waals surface area contributed by atoms with Crippen molar-refractivity contribution in [2.75, 3.05) is 0 Å². The summed E-state index contributed by atoms with van der Waals surface area (Å²) >= 11 is 0. The molecule has 0 bridgehead atoms. The third kappa shape index (κ3) is 7.63. The van der Waals surface area contributed by atoms with Crippen molar-refractivity contribution in [2.45, 2.75) is 19.8 Å². The Morgan fingerprint density at radius 2 is 2.33 bits per heavy atom. The molecule has 0 spiro atoms. The van der Waals surface area contributed by atoms with Gasteiger partial charge in [0, 0.05) is 6.08 Å². The minimum atomic E-state index is -0.0741. The summed E-state index contributed by atoms with van der Waals surface area (Å²) < 4.78 is 0. The fourth-order valence-electron chi connectivity index (χ4n) is 0.391. The fourth-order valence-corrected chi connectivity index (χ4v) is 0.391. The quantitative estimate of drug-likeness (QED) is 0.229. The first-order valence-electron chi connectivity index (χ1n) is 2.57. The summed E-state index contributed by atoms with van der Waals surface area (Å²) in [6.07, 6.45) is 2.36. The van der Waals surface area contributed by atoms with Crippen LogP contribution in [0.15, 0.2) is 11.8 Å². The van der Waals surface area contributed by atoms with Gasteiger partial charge in [-0.25, -0.2) is 0 Å². The van der Waals surface area contributed by atoms with Gasteiger partial charge in [0.05, 0.1) is 6.07 Å². The van der Waals surface area contributed by atoms with Crippen molar-refractivity contribution >= 4 is 0 Å². The van der Waals surface area contributed by atoms with Crippen LogP contribution < -0.4 is 24.0 Å². The van der Waals surface area contributed by atoms with Crippen LogP contribution in [0.3, 0.4) is 0 Å². The van der Waals surface area contributed by atoms with Crippen LogP contribution in [0.25, 0.3) is 0 Å². The van der Waals surface area contributed by atoms with Crippen molar-refractivity contribution < 1.29 is 24.0 Å². The van der Waals surface area contributed by atoms with E-state index in [-0.39, 0.29) is 24.6 Å². The average Bonchev–Trinajstić information content (AvgIpc) is 1.68. The molecule has 0 rings (SSSR count). The van der Waals surface area contributed by atoms with Crippen LogP contribution in [-0.2, 0) is 0 Å². The molecule has 0 aromatic heterocycles. The molecule has 9 heavy (non-hydrogen) atoms. The molecule has 0 aromatic carbocycles. The Morgan fingerprint density at radius 3 is 2.67 bits per heavy atom. The summed E-state index contributed by atoms with van der Waals surface area (Å²) in [6, 6.07) is 1.68. The first-order chi connectivity index (χ1) is 3.81. The van der Waals surface area contributed by atoms with Crippen LogP contribution in [0.4, 0.5) is 0 Å². The first kappa shape index (κ1) is 11.4. The molecule has 0 amide bonds. The van der Waals surface area contributed by atoms with Crippen LogP contribution in [0.1, 0.15) is 19.8 Å². The zero-order chi connectivity index (χ0) is 6.41. The van der Waals surface area contributed by atoms with Crippen molar-refractivity contribution in [1.29, 1.82) is 5.26 Å². The molecule has 44 valence electrons. The zero-order valence-electron chi connectivity index (χ0n) is 5.85. The molecule has 0 radical (unpaired) electrons. The molecule has 0 unspecified atom stereocenters. The standard InChI is InChI=1S/C6H9NO.Li/c1-2-3-6(8)4-5-7;/h4,8H,2-3H2,1H3;/q;+1/p-1/b6-4-;. The zero-order valence-corrected chi connectivity index (χ0v) is 5.85. The van der Waals surface area contributed by atoms with Gasteiger partial charge in [-0.15, -0.1) is 5.76 Å². The molecule has 0 aliphatic heterocycles. The van der Waals surface area contributed by atoms with Gasteiger partial charge in [0.25, 0.3) is 0 Å². The van der Waals surface area contributed by atoms with Crippen LogP contribution in [0, 0.1) is 11.3 Å². The maximum Gasteiger partial charge on any atom is 1.00 e. The number of hydrogen-bond donors (Lipinski definition) is 0. The second-order valence-electron chi connectivity index (χ2n) is 1.49. The minimum absolute atomic E-state index is 0. The molecule has 0 saturated heterocycles. The molecule has 0 heterocycles. The second kappa shape index (κ2) is 7.63. The second-order valence-corrected chi connectivity index (χ2v) is 1.49. The molecule has 0 aromatic rings. The van der Waals surface area contributed by atoms with Crippen molar-refractivity contribution in [3.05, 3.63) is 11.8 Å². The monoisotopic (exact) mass is 117 g/mol. The third-order valence-corrected chi connectivity index (χ3v) is 0.722. The topological polar surface area (TPSA) is 46.8 Å². The van der Waals surface area contributed by atoms with Crippen LogP contribution in [0.2, 0.25) is 0 Å².